The molecule has 2 nitrogen and oxygen atoms in total. The molecule has 0 amide bonds. The smallest absolute Gasteiger partial charge is 0.387 e. The van der Waals surface area contributed by atoms with E-state index in [9.17, 15) is 13.2 Å². The minimum atomic E-state index is -2.88. The summed E-state index contributed by atoms with van der Waals surface area (Å²) >= 11 is 5.68. The number of ether oxygens (including phenoxy) is 1. The predicted octanol–water partition coefficient (Wildman–Crippen LogP) is 5.25. The fraction of sp³-hybridized carbons (Fsp3) is 0.200. The molecule has 0 aliphatic heterocycles. The average Bonchev–Trinajstić information content (AvgIpc) is 2.41. The molecule has 0 aliphatic carbocycles. The Morgan fingerprint density at radius 3 is 2.57 bits per heavy atom. The highest BCUT2D eigenvalue weighted by atomic mass is 35.5. The molecule has 0 fully saturated rings. The summed E-state index contributed by atoms with van der Waals surface area (Å²) < 4.78 is 42.4. The molecular formula is C15H13ClF3NO. The molecule has 1 atom stereocenters. The number of halogens is 4. The van der Waals surface area contributed by atoms with Crippen molar-refractivity contribution >= 4 is 17.3 Å². The maximum absolute atomic E-state index is 13.7. The van der Waals surface area contributed by atoms with Gasteiger partial charge in [0.1, 0.15) is 11.6 Å². The Morgan fingerprint density at radius 1 is 1.14 bits per heavy atom. The summed E-state index contributed by atoms with van der Waals surface area (Å²) in [5, 5.41) is 3.26. The molecular weight excluding hydrogens is 303 g/mol. The zero-order valence-corrected chi connectivity index (χ0v) is 11.9. The number of benzene rings is 2. The van der Waals surface area contributed by atoms with Gasteiger partial charge in [0.05, 0.1) is 5.69 Å². The van der Waals surface area contributed by atoms with Crippen LogP contribution < -0.4 is 10.1 Å². The second kappa shape index (κ2) is 6.72. The van der Waals surface area contributed by atoms with Gasteiger partial charge in [0.2, 0.25) is 0 Å². The summed E-state index contributed by atoms with van der Waals surface area (Å²) in [5.74, 6) is -0.415. The monoisotopic (exact) mass is 315 g/mol. The van der Waals surface area contributed by atoms with Gasteiger partial charge in [-0.2, -0.15) is 8.78 Å². The van der Waals surface area contributed by atoms with Gasteiger partial charge in [0.25, 0.3) is 0 Å². The molecule has 2 rings (SSSR count). The first-order chi connectivity index (χ1) is 9.95. The third-order valence-corrected chi connectivity index (χ3v) is 3.12. The van der Waals surface area contributed by atoms with Gasteiger partial charge in [-0.3, -0.25) is 0 Å². The van der Waals surface area contributed by atoms with Crippen LogP contribution in [0.1, 0.15) is 18.5 Å². The lowest BCUT2D eigenvalue weighted by molar-refractivity contribution is -0.0498. The van der Waals surface area contributed by atoms with Gasteiger partial charge in [0.15, 0.2) is 0 Å². The Labute approximate surface area is 125 Å². The third-order valence-electron chi connectivity index (χ3n) is 2.89. The van der Waals surface area contributed by atoms with Crippen molar-refractivity contribution in [2.75, 3.05) is 5.32 Å². The molecule has 0 spiro atoms. The molecule has 0 aliphatic rings. The van der Waals surface area contributed by atoms with Gasteiger partial charge >= 0.3 is 6.61 Å². The minimum Gasteiger partial charge on any atom is -0.435 e. The van der Waals surface area contributed by atoms with Crippen LogP contribution in [0.2, 0.25) is 5.02 Å². The summed E-state index contributed by atoms with van der Waals surface area (Å²) in [6.07, 6.45) is 0. The number of alkyl halides is 2. The molecule has 112 valence electrons. The van der Waals surface area contributed by atoms with Crippen LogP contribution in [-0.2, 0) is 0 Å². The van der Waals surface area contributed by atoms with Crippen LogP contribution in [0, 0.1) is 5.82 Å². The molecule has 21 heavy (non-hydrogen) atoms. The fourth-order valence-electron chi connectivity index (χ4n) is 1.88. The zero-order valence-electron chi connectivity index (χ0n) is 11.1. The maximum atomic E-state index is 13.7. The molecule has 6 heteroatoms. The van der Waals surface area contributed by atoms with E-state index < -0.39 is 12.4 Å². The van der Waals surface area contributed by atoms with Crippen molar-refractivity contribution in [3.8, 4) is 5.75 Å². The van der Waals surface area contributed by atoms with Gasteiger partial charge in [-0.05, 0) is 42.8 Å². The third kappa shape index (κ3) is 4.29. The highest BCUT2D eigenvalue weighted by molar-refractivity contribution is 6.30. The van der Waals surface area contributed by atoms with E-state index in [1.165, 1.54) is 24.3 Å². The quantitative estimate of drug-likeness (QED) is 0.813. The van der Waals surface area contributed by atoms with Crippen molar-refractivity contribution < 1.29 is 17.9 Å². The second-order valence-corrected chi connectivity index (χ2v) is 4.88. The number of hydrogen-bond acceptors (Lipinski definition) is 2. The first-order valence-electron chi connectivity index (χ1n) is 6.22. The summed E-state index contributed by atoms with van der Waals surface area (Å²) in [4.78, 5) is 0. The number of nitrogens with one attached hydrogen (secondary N) is 1. The summed E-state index contributed by atoms with van der Waals surface area (Å²) in [6, 6.07) is 10.3. The van der Waals surface area contributed by atoms with E-state index in [0.29, 0.717) is 10.6 Å². The Balaban J connectivity index is 2.14. The van der Waals surface area contributed by atoms with Crippen molar-refractivity contribution in [1.29, 1.82) is 0 Å². The van der Waals surface area contributed by atoms with Crippen molar-refractivity contribution in [3.05, 3.63) is 58.9 Å². The lowest BCUT2D eigenvalue weighted by Gasteiger charge is -2.17. The number of rotatable bonds is 5. The number of anilines is 1. The van der Waals surface area contributed by atoms with Crippen LogP contribution in [0.4, 0.5) is 18.9 Å². The van der Waals surface area contributed by atoms with Crippen LogP contribution in [0.5, 0.6) is 5.75 Å². The second-order valence-electron chi connectivity index (χ2n) is 4.44. The zero-order chi connectivity index (χ0) is 15.4. The normalized spacial score (nSPS) is 12.3. The van der Waals surface area contributed by atoms with Gasteiger partial charge in [-0.15, -0.1) is 0 Å². The predicted molar refractivity (Wildman–Crippen MR) is 76.5 cm³/mol. The topological polar surface area (TPSA) is 21.3 Å². The first-order valence-corrected chi connectivity index (χ1v) is 6.60. The Kier molecular flexibility index (Phi) is 4.96. The fourth-order valence-corrected chi connectivity index (χ4v) is 2.04. The molecule has 1 unspecified atom stereocenters. The van der Waals surface area contributed by atoms with E-state index in [4.69, 9.17) is 11.6 Å². The lowest BCUT2D eigenvalue weighted by atomic mass is 10.1. The molecule has 0 aromatic heterocycles. The lowest BCUT2D eigenvalue weighted by Crippen LogP contribution is -2.09. The molecule has 0 saturated heterocycles. The van der Waals surface area contributed by atoms with Crippen molar-refractivity contribution in [1.82, 2.24) is 0 Å². The molecule has 0 bridgehead atoms. The van der Waals surface area contributed by atoms with Gasteiger partial charge < -0.3 is 10.1 Å². The van der Waals surface area contributed by atoms with E-state index in [1.807, 2.05) is 0 Å². The average molecular weight is 316 g/mol. The molecule has 0 radical (unpaired) electrons. The van der Waals surface area contributed by atoms with E-state index >= 15 is 0 Å². The molecule has 2 aromatic rings. The maximum Gasteiger partial charge on any atom is 0.387 e. The molecule has 1 N–H and O–H groups in total. The van der Waals surface area contributed by atoms with Crippen LogP contribution in [0.25, 0.3) is 0 Å². The summed E-state index contributed by atoms with van der Waals surface area (Å²) in [6.45, 7) is -1.09. The number of hydrogen-bond donors (Lipinski definition) is 1. The van der Waals surface area contributed by atoms with Crippen molar-refractivity contribution in [3.63, 3.8) is 0 Å². The Hall–Kier alpha value is -1.88. The highest BCUT2D eigenvalue weighted by Crippen LogP contribution is 2.26. The summed E-state index contributed by atoms with van der Waals surface area (Å²) in [7, 11) is 0. The van der Waals surface area contributed by atoms with Gasteiger partial charge in [0, 0.05) is 11.1 Å². The standard InChI is InChI=1S/C15H13ClF3NO/c1-9(20-14-6-5-11(16)8-13(14)17)10-3-2-4-12(7-10)21-15(18)19/h2-9,15,20H,1H3. The summed E-state index contributed by atoms with van der Waals surface area (Å²) in [5.41, 5.74) is 0.981. The molecule has 2 aromatic carbocycles. The van der Waals surface area contributed by atoms with E-state index in [0.717, 1.165) is 0 Å². The minimum absolute atomic E-state index is 0.0627. The van der Waals surface area contributed by atoms with Crippen LogP contribution in [-0.4, -0.2) is 6.61 Å². The van der Waals surface area contributed by atoms with Gasteiger partial charge in [-0.1, -0.05) is 23.7 Å². The molecule has 0 heterocycles. The van der Waals surface area contributed by atoms with Crippen LogP contribution in [0.15, 0.2) is 42.5 Å². The van der Waals surface area contributed by atoms with Crippen LogP contribution >= 0.6 is 11.6 Å². The van der Waals surface area contributed by atoms with Crippen LogP contribution in [0.3, 0.4) is 0 Å². The largest absolute Gasteiger partial charge is 0.435 e. The molecule has 0 saturated carbocycles. The Bertz CT molecular complexity index is 622. The van der Waals surface area contributed by atoms with Crippen molar-refractivity contribution in [2.24, 2.45) is 0 Å². The van der Waals surface area contributed by atoms with Crippen molar-refractivity contribution in [2.45, 2.75) is 19.6 Å². The first kappa shape index (κ1) is 15.5. The highest BCUT2D eigenvalue weighted by Gasteiger charge is 2.11. The van der Waals surface area contributed by atoms with E-state index in [-0.39, 0.29) is 17.5 Å². The Morgan fingerprint density at radius 2 is 1.90 bits per heavy atom. The van der Waals surface area contributed by atoms with Gasteiger partial charge in [-0.25, -0.2) is 4.39 Å². The SMILES string of the molecule is CC(Nc1ccc(Cl)cc1F)c1cccc(OC(F)F)c1. The van der Waals surface area contributed by atoms with E-state index in [1.54, 1.807) is 25.1 Å². The van der Waals surface area contributed by atoms with E-state index in [2.05, 4.69) is 10.1 Å².